The zero-order chi connectivity index (χ0) is 24.4. The third-order valence-corrected chi connectivity index (χ3v) is 5.85. The highest BCUT2D eigenvalue weighted by molar-refractivity contribution is 5.94. The number of nitrogens with zero attached hydrogens (tertiary/aromatic N) is 3. The average Bonchev–Trinajstić information content (AvgIpc) is 2.87. The van der Waals surface area contributed by atoms with Crippen molar-refractivity contribution >= 4 is 33.4 Å². The second kappa shape index (κ2) is 9.46. The average molecular weight is 465 g/mol. The van der Waals surface area contributed by atoms with E-state index in [0.29, 0.717) is 30.0 Å². The molecule has 35 heavy (non-hydrogen) atoms. The topological polar surface area (TPSA) is 140 Å². The number of nitrogens with two attached hydrogens (primary N) is 2. The number of aliphatic hydroxyl groups is 1. The first kappa shape index (κ1) is 22.4. The largest absolute Gasteiger partial charge is 0.383 e. The van der Waals surface area contributed by atoms with Crippen molar-refractivity contribution in [1.29, 1.82) is 0 Å². The number of benzene rings is 2. The molecule has 0 aliphatic carbocycles. The van der Waals surface area contributed by atoms with Crippen LogP contribution in [0.25, 0.3) is 21.7 Å². The Balaban J connectivity index is 1.28. The maximum Gasteiger partial charge on any atom is 0.251 e. The highest BCUT2D eigenvalue weighted by atomic mass is 16.3. The number of hydrogen-bond acceptors (Lipinski definition) is 7. The van der Waals surface area contributed by atoms with E-state index in [1.54, 1.807) is 30.6 Å². The number of fused-ring (bicyclic) bond motifs is 2. The summed E-state index contributed by atoms with van der Waals surface area (Å²) in [5.74, 6) is 0.322. The fourth-order valence-corrected chi connectivity index (χ4v) is 4.04. The number of nitrogens with one attached hydrogen (secondary N) is 1. The minimum Gasteiger partial charge on any atom is -0.383 e. The second-order valence-electron chi connectivity index (χ2n) is 8.35. The van der Waals surface area contributed by atoms with Crippen molar-refractivity contribution in [3.63, 3.8) is 0 Å². The van der Waals surface area contributed by atoms with Crippen molar-refractivity contribution < 1.29 is 9.90 Å². The van der Waals surface area contributed by atoms with Crippen LogP contribution in [0, 0.1) is 0 Å². The Labute approximate surface area is 201 Å². The number of carbonyl (C=O) groups excluding carboxylic acids is 1. The highest BCUT2D eigenvalue weighted by Crippen LogP contribution is 2.21. The summed E-state index contributed by atoms with van der Waals surface area (Å²) in [6.07, 6.45) is 2.78. The van der Waals surface area contributed by atoms with Crippen LogP contribution in [-0.2, 0) is 13.0 Å². The third kappa shape index (κ3) is 4.93. The van der Waals surface area contributed by atoms with Gasteiger partial charge in [-0.05, 0) is 59.0 Å². The number of amides is 1. The van der Waals surface area contributed by atoms with Gasteiger partial charge >= 0.3 is 0 Å². The molecule has 5 rings (SSSR count). The zero-order valence-corrected chi connectivity index (χ0v) is 18.8. The number of anilines is 1. The molecule has 1 atom stereocenters. The van der Waals surface area contributed by atoms with E-state index in [1.807, 2.05) is 48.5 Å². The minimum atomic E-state index is -1.10. The molecule has 0 aliphatic heterocycles. The summed E-state index contributed by atoms with van der Waals surface area (Å²) < 4.78 is 0. The van der Waals surface area contributed by atoms with E-state index >= 15 is 0 Å². The predicted molar refractivity (Wildman–Crippen MR) is 135 cm³/mol. The molecule has 0 aliphatic rings. The molecule has 174 valence electrons. The van der Waals surface area contributed by atoms with Gasteiger partial charge in [0.1, 0.15) is 12.0 Å². The van der Waals surface area contributed by atoms with Crippen LogP contribution in [0.4, 0.5) is 5.82 Å². The van der Waals surface area contributed by atoms with Gasteiger partial charge in [0.25, 0.3) is 5.91 Å². The van der Waals surface area contributed by atoms with E-state index in [1.165, 1.54) is 0 Å². The summed E-state index contributed by atoms with van der Waals surface area (Å²) in [7, 11) is 0. The highest BCUT2D eigenvalue weighted by Gasteiger charge is 2.10. The molecule has 8 heteroatoms. The van der Waals surface area contributed by atoms with E-state index < -0.39 is 6.23 Å². The maximum atomic E-state index is 12.8. The lowest BCUT2D eigenvalue weighted by Gasteiger charge is -2.09. The van der Waals surface area contributed by atoms with Gasteiger partial charge in [0.2, 0.25) is 0 Å². The van der Waals surface area contributed by atoms with Crippen molar-refractivity contribution in [2.45, 2.75) is 19.2 Å². The Bertz CT molecular complexity index is 1550. The fraction of sp³-hybridized carbons (Fsp3) is 0.111. The van der Waals surface area contributed by atoms with Crippen molar-refractivity contribution in [2.75, 3.05) is 5.73 Å². The first-order valence-electron chi connectivity index (χ1n) is 11.2. The molecule has 0 fully saturated rings. The van der Waals surface area contributed by atoms with Crippen LogP contribution in [0.2, 0.25) is 0 Å². The molecule has 0 radical (unpaired) electrons. The lowest BCUT2D eigenvalue weighted by atomic mass is 10.0. The number of aliphatic hydroxyl groups excluding tert-OH is 1. The summed E-state index contributed by atoms with van der Waals surface area (Å²) in [6.45, 7) is 0.395. The van der Waals surface area contributed by atoms with Crippen molar-refractivity contribution in [1.82, 2.24) is 20.3 Å². The fourth-order valence-electron chi connectivity index (χ4n) is 4.04. The number of hydrogen-bond donors (Lipinski definition) is 4. The van der Waals surface area contributed by atoms with Gasteiger partial charge in [0.05, 0.1) is 11.2 Å². The van der Waals surface area contributed by atoms with Gasteiger partial charge in [0, 0.05) is 47.4 Å². The van der Waals surface area contributed by atoms with Crippen LogP contribution in [0.5, 0.6) is 0 Å². The van der Waals surface area contributed by atoms with E-state index in [4.69, 9.17) is 11.5 Å². The van der Waals surface area contributed by atoms with Crippen LogP contribution in [0.3, 0.4) is 0 Å². The van der Waals surface area contributed by atoms with Crippen LogP contribution in [0.15, 0.2) is 79.1 Å². The Morgan fingerprint density at radius 2 is 1.71 bits per heavy atom. The van der Waals surface area contributed by atoms with Gasteiger partial charge in [0.15, 0.2) is 0 Å². The van der Waals surface area contributed by atoms with Crippen LogP contribution in [-0.4, -0.2) is 26.0 Å². The molecular formula is C27H24N6O2. The van der Waals surface area contributed by atoms with E-state index in [0.717, 1.165) is 38.5 Å². The van der Waals surface area contributed by atoms with E-state index in [9.17, 15) is 9.90 Å². The molecule has 8 nitrogen and oxygen atoms in total. The molecular weight excluding hydrogens is 440 g/mol. The van der Waals surface area contributed by atoms with Gasteiger partial charge in [-0.2, -0.15) is 0 Å². The normalized spacial score (nSPS) is 12.1. The standard InChI is InChI=1S/C27H24N6O2/c28-25-22-4-1-17(12-18(22)7-10-31-25)15-32-27(35)20-8-9-30-21(14-20)13-16-2-5-23-19(11-16)3-6-24(33-23)26(29)34/h1-12,14,26,34H,13,15,29H2,(H2,28,31)(H,32,35). The quantitative estimate of drug-likeness (QED) is 0.283. The molecule has 2 aromatic carbocycles. The SMILES string of the molecule is Nc1nccc2cc(CNC(=O)c3ccnc(Cc4ccc5nc(C(N)O)ccc5c4)c3)ccc12. The Kier molecular flexibility index (Phi) is 6.05. The number of carbonyl (C=O) groups is 1. The predicted octanol–water partition coefficient (Wildman–Crippen LogP) is 3.23. The number of aromatic nitrogens is 3. The molecule has 3 heterocycles. The molecule has 0 saturated carbocycles. The summed E-state index contributed by atoms with van der Waals surface area (Å²) >= 11 is 0. The molecule has 0 saturated heterocycles. The van der Waals surface area contributed by atoms with E-state index in [-0.39, 0.29) is 5.91 Å². The number of pyridine rings is 3. The molecule has 1 unspecified atom stereocenters. The van der Waals surface area contributed by atoms with Crippen LogP contribution < -0.4 is 16.8 Å². The van der Waals surface area contributed by atoms with Gasteiger partial charge in [-0.1, -0.05) is 24.3 Å². The second-order valence-corrected chi connectivity index (χ2v) is 8.35. The summed E-state index contributed by atoms with van der Waals surface area (Å²) in [5, 5.41) is 15.3. The van der Waals surface area contributed by atoms with Crippen LogP contribution >= 0.6 is 0 Å². The maximum absolute atomic E-state index is 12.8. The van der Waals surface area contributed by atoms with Crippen LogP contribution in [0.1, 0.15) is 39.1 Å². The minimum absolute atomic E-state index is 0.168. The first-order chi connectivity index (χ1) is 17.0. The smallest absolute Gasteiger partial charge is 0.251 e. The molecule has 0 spiro atoms. The van der Waals surface area contributed by atoms with Crippen molar-refractivity contribution in [3.8, 4) is 0 Å². The molecule has 5 aromatic rings. The Morgan fingerprint density at radius 1 is 0.914 bits per heavy atom. The number of nitrogen functional groups attached to an aromatic ring is 1. The summed E-state index contributed by atoms with van der Waals surface area (Å²) in [5.41, 5.74) is 15.9. The lowest BCUT2D eigenvalue weighted by Crippen LogP contribution is -2.23. The monoisotopic (exact) mass is 464 g/mol. The van der Waals surface area contributed by atoms with E-state index in [2.05, 4.69) is 20.3 Å². The Hall–Kier alpha value is -4.40. The molecule has 1 amide bonds. The summed E-state index contributed by atoms with van der Waals surface area (Å²) in [6, 6.07) is 20.7. The van der Waals surface area contributed by atoms with Crippen molar-refractivity contribution in [3.05, 3.63) is 107 Å². The lowest BCUT2D eigenvalue weighted by molar-refractivity contribution is 0.0950. The number of rotatable bonds is 6. The summed E-state index contributed by atoms with van der Waals surface area (Å²) in [4.78, 5) is 25.7. The van der Waals surface area contributed by atoms with Crippen molar-refractivity contribution in [2.24, 2.45) is 5.73 Å². The van der Waals surface area contributed by atoms with Gasteiger partial charge in [-0.15, -0.1) is 0 Å². The van der Waals surface area contributed by atoms with Gasteiger partial charge < -0.3 is 21.9 Å². The molecule has 0 bridgehead atoms. The third-order valence-electron chi connectivity index (χ3n) is 5.85. The molecule has 6 N–H and O–H groups in total. The first-order valence-corrected chi connectivity index (χ1v) is 11.2. The Morgan fingerprint density at radius 3 is 2.57 bits per heavy atom. The van der Waals surface area contributed by atoms with Gasteiger partial charge in [-0.3, -0.25) is 9.78 Å². The molecule has 3 aromatic heterocycles. The zero-order valence-electron chi connectivity index (χ0n) is 18.8. The van der Waals surface area contributed by atoms with Gasteiger partial charge in [-0.25, -0.2) is 9.97 Å².